The van der Waals surface area contributed by atoms with Gasteiger partial charge in [0.25, 0.3) is 5.91 Å². The first-order valence-corrected chi connectivity index (χ1v) is 6.32. The molecule has 0 aliphatic carbocycles. The van der Waals surface area contributed by atoms with E-state index in [0.29, 0.717) is 24.7 Å². The van der Waals surface area contributed by atoms with E-state index in [0.717, 1.165) is 19.4 Å². The van der Waals surface area contributed by atoms with Crippen LogP contribution in [0.4, 0.5) is 0 Å². The molecular weight excluding hydrogens is 232 g/mol. The number of nitrogens with one attached hydrogen (secondary N) is 1. The molecule has 0 radical (unpaired) electrons. The highest BCUT2D eigenvalue weighted by Gasteiger charge is 2.21. The van der Waals surface area contributed by atoms with E-state index in [2.05, 4.69) is 5.32 Å². The number of carbonyl (C=O) groups is 1. The largest absolute Gasteiger partial charge is 0.430 e. The number of amides is 1. The molecule has 0 aromatic carbocycles. The van der Waals surface area contributed by atoms with E-state index in [4.69, 9.17) is 4.42 Å². The molecule has 1 amide bonds. The molecule has 1 fully saturated rings. The van der Waals surface area contributed by atoms with Gasteiger partial charge in [0.1, 0.15) is 6.26 Å². The van der Waals surface area contributed by atoms with Crippen molar-refractivity contribution >= 4 is 5.91 Å². The molecule has 2 rings (SSSR count). The van der Waals surface area contributed by atoms with Gasteiger partial charge in [-0.05, 0) is 32.4 Å². The second-order valence-corrected chi connectivity index (χ2v) is 4.48. The highest BCUT2D eigenvalue weighted by Crippen LogP contribution is 2.09. The Bertz CT molecular complexity index is 443. The van der Waals surface area contributed by atoms with Crippen molar-refractivity contribution in [3.63, 3.8) is 0 Å². The van der Waals surface area contributed by atoms with Gasteiger partial charge in [0, 0.05) is 25.2 Å². The van der Waals surface area contributed by atoms with E-state index in [-0.39, 0.29) is 5.91 Å². The summed E-state index contributed by atoms with van der Waals surface area (Å²) in [7, 11) is 0. The number of hydrogen-bond acceptors (Lipinski definition) is 4. The van der Waals surface area contributed by atoms with Gasteiger partial charge in [-0.2, -0.15) is 0 Å². The molecule has 0 bridgehead atoms. The monoisotopic (exact) mass is 250 g/mol. The number of carbonyl (C=O) groups excluding carboxylic acids is 1. The summed E-state index contributed by atoms with van der Waals surface area (Å²) in [4.78, 5) is 24.8. The van der Waals surface area contributed by atoms with Crippen LogP contribution in [0.1, 0.15) is 30.1 Å². The fourth-order valence-corrected chi connectivity index (χ4v) is 2.20. The molecule has 2 heterocycles. The molecule has 98 valence electrons. The van der Waals surface area contributed by atoms with E-state index < -0.39 is 5.63 Å². The topological polar surface area (TPSA) is 62.6 Å². The third kappa shape index (κ3) is 2.98. The lowest BCUT2D eigenvalue weighted by atomic mass is 10.2. The van der Waals surface area contributed by atoms with E-state index in [9.17, 15) is 9.59 Å². The van der Waals surface area contributed by atoms with Gasteiger partial charge in [-0.1, -0.05) is 0 Å². The molecule has 0 saturated carbocycles. The first-order valence-electron chi connectivity index (χ1n) is 6.32. The molecule has 0 spiro atoms. The molecule has 1 aromatic rings. The molecular formula is C13H18N2O3. The summed E-state index contributed by atoms with van der Waals surface area (Å²) in [6.45, 7) is 4.33. The van der Waals surface area contributed by atoms with E-state index in [1.165, 1.54) is 18.4 Å². The minimum atomic E-state index is -0.438. The van der Waals surface area contributed by atoms with E-state index in [1.807, 2.05) is 6.92 Å². The molecule has 5 nitrogen and oxygen atoms in total. The molecule has 18 heavy (non-hydrogen) atoms. The number of rotatable bonds is 4. The van der Waals surface area contributed by atoms with Crippen LogP contribution in [0.3, 0.4) is 0 Å². The smallest absolute Gasteiger partial charge is 0.335 e. The van der Waals surface area contributed by atoms with Gasteiger partial charge in [0.05, 0.1) is 5.56 Å². The molecule has 1 N–H and O–H groups in total. The predicted molar refractivity (Wildman–Crippen MR) is 67.6 cm³/mol. The zero-order valence-electron chi connectivity index (χ0n) is 10.5. The van der Waals surface area contributed by atoms with Crippen LogP contribution in [0, 0.1) is 0 Å². The Morgan fingerprint density at radius 2 is 2.39 bits per heavy atom. The number of hydrogen-bond donors (Lipinski definition) is 1. The fourth-order valence-electron chi connectivity index (χ4n) is 2.20. The Balaban J connectivity index is 2.04. The maximum atomic E-state index is 12.2. The second kappa shape index (κ2) is 5.82. The summed E-state index contributed by atoms with van der Waals surface area (Å²) in [5.41, 5.74) is -0.0125. The zero-order valence-corrected chi connectivity index (χ0v) is 10.5. The lowest BCUT2D eigenvalue weighted by Crippen LogP contribution is -2.41. The van der Waals surface area contributed by atoms with Crippen LogP contribution in [0.5, 0.6) is 0 Å². The Hall–Kier alpha value is -1.62. The Morgan fingerprint density at radius 3 is 2.94 bits per heavy atom. The second-order valence-electron chi connectivity index (χ2n) is 4.48. The van der Waals surface area contributed by atoms with Crippen molar-refractivity contribution in [1.82, 2.24) is 10.2 Å². The molecule has 1 saturated heterocycles. The van der Waals surface area contributed by atoms with Gasteiger partial charge in [0.15, 0.2) is 0 Å². The Labute approximate surface area is 106 Å². The summed E-state index contributed by atoms with van der Waals surface area (Å²) >= 11 is 0. The van der Waals surface area contributed by atoms with E-state index >= 15 is 0 Å². The normalized spacial score (nSPS) is 18.8. The molecule has 1 unspecified atom stereocenters. The minimum absolute atomic E-state index is 0.0880. The molecule has 5 heteroatoms. The van der Waals surface area contributed by atoms with Crippen LogP contribution in [-0.2, 0) is 0 Å². The van der Waals surface area contributed by atoms with Crippen molar-refractivity contribution in [3.05, 3.63) is 34.4 Å². The third-order valence-electron chi connectivity index (χ3n) is 3.22. The van der Waals surface area contributed by atoms with Crippen LogP contribution in [0.25, 0.3) is 0 Å². The Morgan fingerprint density at radius 1 is 1.56 bits per heavy atom. The van der Waals surface area contributed by atoms with Gasteiger partial charge in [-0.3, -0.25) is 4.79 Å². The van der Waals surface area contributed by atoms with Crippen LogP contribution in [-0.4, -0.2) is 36.5 Å². The molecule has 1 aliphatic rings. The van der Waals surface area contributed by atoms with Crippen LogP contribution >= 0.6 is 0 Å². The molecule has 1 aromatic heterocycles. The highest BCUT2D eigenvalue weighted by atomic mass is 16.4. The first kappa shape index (κ1) is 12.8. The predicted octanol–water partition coefficient (Wildman–Crippen LogP) is 0.854. The summed E-state index contributed by atoms with van der Waals surface area (Å²) in [5.74, 6) is -0.0880. The maximum absolute atomic E-state index is 12.2. The fraction of sp³-hybridized carbons (Fsp3) is 0.538. The van der Waals surface area contributed by atoms with Gasteiger partial charge in [-0.15, -0.1) is 0 Å². The average molecular weight is 250 g/mol. The average Bonchev–Trinajstić information content (AvgIpc) is 2.89. The summed E-state index contributed by atoms with van der Waals surface area (Å²) in [6.07, 6.45) is 3.50. The lowest BCUT2D eigenvalue weighted by molar-refractivity contribution is 0.0748. The van der Waals surface area contributed by atoms with Crippen molar-refractivity contribution in [1.29, 1.82) is 0 Å². The van der Waals surface area contributed by atoms with Gasteiger partial charge in [-0.25, -0.2) is 4.79 Å². The standard InChI is InChI=1S/C13H18N2O3/c1-2-15(8-11-4-3-7-14-11)13(17)10-5-6-12(16)18-9-10/h5-6,9,11,14H,2-4,7-8H2,1H3. The highest BCUT2D eigenvalue weighted by molar-refractivity contribution is 5.93. The van der Waals surface area contributed by atoms with Crippen LogP contribution in [0.15, 0.2) is 27.6 Å². The summed E-state index contributed by atoms with van der Waals surface area (Å²) < 4.78 is 4.73. The SMILES string of the molecule is CCN(CC1CCCN1)C(=O)c1ccc(=O)oc1. The van der Waals surface area contributed by atoms with Crippen LogP contribution < -0.4 is 10.9 Å². The van der Waals surface area contributed by atoms with Gasteiger partial charge in [0.2, 0.25) is 0 Å². The number of nitrogens with zero attached hydrogens (tertiary/aromatic N) is 1. The van der Waals surface area contributed by atoms with Gasteiger partial charge >= 0.3 is 5.63 Å². The first-order chi connectivity index (χ1) is 8.70. The minimum Gasteiger partial charge on any atom is -0.430 e. The summed E-state index contributed by atoms with van der Waals surface area (Å²) in [5, 5.41) is 3.37. The molecule has 1 atom stereocenters. The van der Waals surface area contributed by atoms with Crippen molar-refractivity contribution in [2.24, 2.45) is 0 Å². The summed E-state index contributed by atoms with van der Waals surface area (Å²) in [6, 6.07) is 3.16. The van der Waals surface area contributed by atoms with E-state index in [1.54, 1.807) is 4.90 Å². The van der Waals surface area contributed by atoms with Crippen molar-refractivity contribution < 1.29 is 9.21 Å². The van der Waals surface area contributed by atoms with Crippen LogP contribution in [0.2, 0.25) is 0 Å². The number of likely N-dealkylation sites (N-methyl/N-ethyl adjacent to an activating group) is 1. The van der Waals surface area contributed by atoms with Crippen molar-refractivity contribution in [2.45, 2.75) is 25.8 Å². The lowest BCUT2D eigenvalue weighted by Gasteiger charge is -2.24. The molecule has 1 aliphatic heterocycles. The van der Waals surface area contributed by atoms with Crippen molar-refractivity contribution in [2.75, 3.05) is 19.6 Å². The van der Waals surface area contributed by atoms with Gasteiger partial charge < -0.3 is 14.6 Å². The quantitative estimate of drug-likeness (QED) is 0.860. The Kier molecular flexibility index (Phi) is 4.15. The zero-order chi connectivity index (χ0) is 13.0. The van der Waals surface area contributed by atoms with Crippen molar-refractivity contribution in [3.8, 4) is 0 Å². The third-order valence-corrected chi connectivity index (χ3v) is 3.22. The maximum Gasteiger partial charge on any atom is 0.335 e.